The molecule has 1 aliphatic rings. The molecule has 0 fully saturated rings. The molecule has 3 rings (SSSR count). The van der Waals surface area contributed by atoms with E-state index in [0.29, 0.717) is 11.0 Å². The molecule has 0 spiro atoms. The highest BCUT2D eigenvalue weighted by molar-refractivity contribution is 6.23. The average molecular weight is 346 g/mol. The third-order valence-electron chi connectivity index (χ3n) is 3.71. The smallest absolute Gasteiger partial charge is 0.270 e. The van der Waals surface area contributed by atoms with Crippen LogP contribution in [0.1, 0.15) is 31.1 Å². The van der Waals surface area contributed by atoms with Crippen LogP contribution in [-0.2, 0) is 0 Å². The molecule has 25 heavy (non-hydrogen) atoms. The quantitative estimate of drug-likeness (QED) is 0.366. The van der Waals surface area contributed by atoms with Gasteiger partial charge in [0.1, 0.15) is 0 Å². The average Bonchev–Trinajstić information content (AvgIpc) is 2.81. The molecule has 126 valence electrons. The van der Waals surface area contributed by atoms with E-state index in [0.717, 1.165) is 30.3 Å². The third kappa shape index (κ3) is 2.75. The number of benzene rings is 2. The molecule has 9 heteroatoms. The summed E-state index contributed by atoms with van der Waals surface area (Å²) in [7, 11) is 0. The van der Waals surface area contributed by atoms with Crippen LogP contribution in [0.15, 0.2) is 36.4 Å². The van der Waals surface area contributed by atoms with Crippen LogP contribution in [0.3, 0.4) is 0 Å². The summed E-state index contributed by atoms with van der Waals surface area (Å²) in [5, 5.41) is 10.8. The van der Waals surface area contributed by atoms with Gasteiger partial charge in [-0.05, 0) is 24.3 Å². The number of nitro benzene ring substituents is 1. The van der Waals surface area contributed by atoms with Crippen molar-refractivity contribution in [3.63, 3.8) is 0 Å². The molecule has 1 heterocycles. The van der Waals surface area contributed by atoms with Crippen molar-refractivity contribution < 1.29 is 28.1 Å². The van der Waals surface area contributed by atoms with Crippen molar-refractivity contribution in [2.45, 2.75) is 0 Å². The van der Waals surface area contributed by atoms with Gasteiger partial charge in [-0.1, -0.05) is 0 Å². The Labute approximate surface area is 138 Å². The Morgan fingerprint density at radius 2 is 1.68 bits per heavy atom. The number of imide groups is 1. The zero-order valence-corrected chi connectivity index (χ0v) is 12.4. The number of carbonyl (C=O) groups excluding carboxylic acids is 3. The lowest BCUT2D eigenvalue weighted by molar-refractivity contribution is -0.384. The van der Waals surface area contributed by atoms with Crippen molar-refractivity contribution in [3.05, 3.63) is 74.8 Å². The lowest BCUT2D eigenvalue weighted by atomic mass is 10.1. The van der Waals surface area contributed by atoms with Crippen LogP contribution < -0.4 is 0 Å². The van der Waals surface area contributed by atoms with E-state index in [1.165, 1.54) is 0 Å². The summed E-state index contributed by atoms with van der Waals surface area (Å²) in [6.45, 7) is -0.689. The van der Waals surface area contributed by atoms with Gasteiger partial charge in [0.25, 0.3) is 17.5 Å². The topological polar surface area (TPSA) is 97.6 Å². The van der Waals surface area contributed by atoms with E-state index in [1.54, 1.807) is 0 Å². The van der Waals surface area contributed by atoms with E-state index in [2.05, 4.69) is 0 Å². The van der Waals surface area contributed by atoms with E-state index in [4.69, 9.17) is 0 Å². The summed E-state index contributed by atoms with van der Waals surface area (Å²) >= 11 is 0. The molecular formula is C16H8F2N2O5. The van der Waals surface area contributed by atoms with Crippen LogP contribution in [0, 0.1) is 21.7 Å². The molecule has 0 bridgehead atoms. The van der Waals surface area contributed by atoms with Crippen molar-refractivity contribution in [2.75, 3.05) is 6.54 Å². The first-order valence-electron chi connectivity index (χ1n) is 6.92. The Hall–Kier alpha value is -3.49. The molecule has 0 radical (unpaired) electrons. The van der Waals surface area contributed by atoms with Crippen molar-refractivity contribution in [1.29, 1.82) is 0 Å². The molecule has 7 nitrogen and oxygen atoms in total. The number of hydrogen-bond acceptors (Lipinski definition) is 5. The molecule has 0 saturated heterocycles. The van der Waals surface area contributed by atoms with E-state index in [-0.39, 0.29) is 22.4 Å². The monoisotopic (exact) mass is 346 g/mol. The summed E-state index contributed by atoms with van der Waals surface area (Å²) in [6.07, 6.45) is 0. The number of nitro groups is 1. The van der Waals surface area contributed by atoms with Gasteiger partial charge in [0, 0.05) is 17.7 Å². The lowest BCUT2D eigenvalue weighted by Crippen LogP contribution is -2.34. The molecule has 0 aliphatic carbocycles. The van der Waals surface area contributed by atoms with Gasteiger partial charge in [0.15, 0.2) is 17.4 Å². The second-order valence-corrected chi connectivity index (χ2v) is 5.24. The van der Waals surface area contributed by atoms with Crippen LogP contribution in [0.2, 0.25) is 0 Å². The second-order valence-electron chi connectivity index (χ2n) is 5.24. The highest BCUT2D eigenvalue weighted by Gasteiger charge is 2.37. The van der Waals surface area contributed by atoms with Gasteiger partial charge in [0.2, 0.25) is 0 Å². The van der Waals surface area contributed by atoms with E-state index >= 15 is 0 Å². The minimum atomic E-state index is -1.23. The van der Waals surface area contributed by atoms with E-state index in [1.807, 2.05) is 0 Å². The van der Waals surface area contributed by atoms with Crippen LogP contribution >= 0.6 is 0 Å². The fourth-order valence-electron chi connectivity index (χ4n) is 2.44. The predicted octanol–water partition coefficient (Wildman–Crippen LogP) is 2.35. The Morgan fingerprint density at radius 1 is 1.00 bits per heavy atom. The standard InChI is InChI=1S/C16H8F2N2O5/c17-12-4-1-8(5-13(12)18)14(21)7-19-15(22)10-3-2-9(20(24)25)6-11(10)16(19)23/h1-6H,7H2. The summed E-state index contributed by atoms with van der Waals surface area (Å²) in [6, 6.07) is 5.62. The molecule has 2 aromatic rings. The second kappa shape index (κ2) is 5.86. The number of nitrogens with zero attached hydrogens (tertiary/aromatic N) is 2. The fourth-order valence-corrected chi connectivity index (χ4v) is 2.44. The van der Waals surface area contributed by atoms with Crippen LogP contribution in [0.25, 0.3) is 0 Å². The maximum atomic E-state index is 13.2. The minimum Gasteiger partial charge on any atom is -0.292 e. The van der Waals surface area contributed by atoms with Gasteiger partial charge < -0.3 is 0 Å². The van der Waals surface area contributed by atoms with Gasteiger partial charge in [0.05, 0.1) is 22.6 Å². The Kier molecular flexibility index (Phi) is 3.84. The zero-order chi connectivity index (χ0) is 18.3. The number of ketones is 1. The first kappa shape index (κ1) is 16.4. The summed E-state index contributed by atoms with van der Waals surface area (Å²) in [5.74, 6) is -4.79. The van der Waals surface area contributed by atoms with Crippen LogP contribution in [0.5, 0.6) is 0 Å². The number of halogens is 2. The number of fused-ring (bicyclic) bond motifs is 1. The number of rotatable bonds is 4. The molecule has 2 amide bonds. The minimum absolute atomic E-state index is 0.0614. The predicted molar refractivity (Wildman–Crippen MR) is 79.2 cm³/mol. The van der Waals surface area contributed by atoms with Crippen molar-refractivity contribution >= 4 is 23.3 Å². The Bertz CT molecular complexity index is 958. The largest absolute Gasteiger partial charge is 0.292 e. The fraction of sp³-hybridized carbons (Fsp3) is 0.0625. The molecule has 0 unspecified atom stereocenters. The summed E-state index contributed by atoms with van der Waals surface area (Å²) in [5.41, 5.74) is -0.818. The van der Waals surface area contributed by atoms with Gasteiger partial charge in [-0.2, -0.15) is 0 Å². The number of hydrogen-bond donors (Lipinski definition) is 0. The maximum Gasteiger partial charge on any atom is 0.270 e. The lowest BCUT2D eigenvalue weighted by Gasteiger charge is -2.12. The molecule has 0 atom stereocenters. The van der Waals surface area contributed by atoms with E-state index in [9.17, 15) is 33.3 Å². The summed E-state index contributed by atoms with van der Waals surface area (Å²) in [4.78, 5) is 47.3. The maximum absolute atomic E-state index is 13.2. The number of non-ortho nitro benzene ring substituents is 1. The van der Waals surface area contributed by atoms with Gasteiger partial charge in [-0.25, -0.2) is 8.78 Å². The van der Waals surface area contributed by atoms with Crippen molar-refractivity contribution in [1.82, 2.24) is 4.90 Å². The molecule has 0 aromatic heterocycles. The van der Waals surface area contributed by atoms with Gasteiger partial charge in [-0.3, -0.25) is 29.4 Å². The Balaban J connectivity index is 1.87. The molecule has 1 aliphatic heterocycles. The van der Waals surface area contributed by atoms with Crippen molar-refractivity contribution in [3.8, 4) is 0 Å². The molecule has 0 saturated carbocycles. The highest BCUT2D eigenvalue weighted by atomic mass is 19.2. The SMILES string of the molecule is O=C(CN1C(=O)c2ccc([N+](=O)[O-])cc2C1=O)c1ccc(F)c(F)c1. The van der Waals surface area contributed by atoms with Crippen molar-refractivity contribution in [2.24, 2.45) is 0 Å². The molecular weight excluding hydrogens is 338 g/mol. The number of amides is 2. The number of Topliss-reactive ketones (excluding diaryl/α,β-unsaturated/α-hetero) is 1. The van der Waals surface area contributed by atoms with Crippen LogP contribution in [0.4, 0.5) is 14.5 Å². The van der Waals surface area contributed by atoms with E-state index < -0.39 is 40.7 Å². The first-order valence-corrected chi connectivity index (χ1v) is 6.92. The van der Waals surface area contributed by atoms with Gasteiger partial charge >= 0.3 is 0 Å². The third-order valence-corrected chi connectivity index (χ3v) is 3.71. The zero-order valence-electron chi connectivity index (χ0n) is 12.4. The number of carbonyl (C=O) groups is 3. The molecule has 2 aromatic carbocycles. The molecule has 0 N–H and O–H groups in total. The first-order chi connectivity index (χ1) is 11.8. The summed E-state index contributed by atoms with van der Waals surface area (Å²) < 4.78 is 26.1. The Morgan fingerprint density at radius 3 is 2.32 bits per heavy atom. The van der Waals surface area contributed by atoms with Crippen LogP contribution in [-0.4, -0.2) is 34.0 Å². The normalized spacial score (nSPS) is 13.1. The van der Waals surface area contributed by atoms with Gasteiger partial charge in [-0.15, -0.1) is 0 Å². The highest BCUT2D eigenvalue weighted by Crippen LogP contribution is 2.27.